The second kappa shape index (κ2) is 9.31. The van der Waals surface area contributed by atoms with Crippen LogP contribution < -0.4 is 9.47 Å². The van der Waals surface area contributed by atoms with Crippen LogP contribution in [0, 0.1) is 11.8 Å². The van der Waals surface area contributed by atoms with Gasteiger partial charge in [-0.1, -0.05) is 72.5 Å². The van der Waals surface area contributed by atoms with Gasteiger partial charge in [0.05, 0.1) is 0 Å². The van der Waals surface area contributed by atoms with Gasteiger partial charge < -0.3 is 14.6 Å². The predicted molar refractivity (Wildman–Crippen MR) is 102 cm³/mol. The summed E-state index contributed by atoms with van der Waals surface area (Å²) in [6.45, 7) is 0.732. The molecule has 0 saturated carbocycles. The Morgan fingerprint density at radius 3 is 1.85 bits per heavy atom. The van der Waals surface area contributed by atoms with Crippen molar-refractivity contribution in [2.45, 2.75) is 13.2 Å². The minimum atomic E-state index is -0.174. The summed E-state index contributed by atoms with van der Waals surface area (Å²) < 4.78 is 11.9. The first-order valence-electron chi connectivity index (χ1n) is 8.42. The molecule has 0 bridgehead atoms. The second-order valence-corrected chi connectivity index (χ2v) is 5.67. The number of hydrogen-bond donors (Lipinski definition) is 1. The summed E-state index contributed by atoms with van der Waals surface area (Å²) in [5.41, 5.74) is 2.94. The Morgan fingerprint density at radius 2 is 1.27 bits per heavy atom. The topological polar surface area (TPSA) is 38.7 Å². The van der Waals surface area contributed by atoms with Crippen molar-refractivity contribution in [2.75, 3.05) is 6.61 Å². The van der Waals surface area contributed by atoms with E-state index in [4.69, 9.17) is 14.6 Å². The number of aliphatic hydroxyl groups excluding tert-OH is 1. The summed E-state index contributed by atoms with van der Waals surface area (Å²) >= 11 is 0. The van der Waals surface area contributed by atoms with Crippen molar-refractivity contribution in [3.05, 3.63) is 95.6 Å². The van der Waals surface area contributed by atoms with Crippen molar-refractivity contribution in [1.82, 2.24) is 0 Å². The Labute approximate surface area is 153 Å². The quantitative estimate of drug-likeness (QED) is 0.682. The van der Waals surface area contributed by atoms with E-state index in [0.717, 1.165) is 16.7 Å². The SMILES string of the molecule is OCC#Cc1ccc(OCc2ccccc2)c(OCc2ccccc2)c1. The number of benzene rings is 3. The molecular formula is C23H20O3. The summed E-state index contributed by atoms with van der Waals surface area (Å²) in [4.78, 5) is 0. The maximum absolute atomic E-state index is 8.88. The van der Waals surface area contributed by atoms with Crippen LogP contribution in [-0.2, 0) is 13.2 Å². The molecule has 0 saturated heterocycles. The van der Waals surface area contributed by atoms with E-state index in [1.165, 1.54) is 0 Å². The van der Waals surface area contributed by atoms with E-state index in [2.05, 4.69) is 11.8 Å². The van der Waals surface area contributed by atoms with E-state index < -0.39 is 0 Å². The standard InChI is InChI=1S/C23H20O3/c24-15-7-12-19-13-14-22(25-17-20-8-3-1-4-9-20)23(16-19)26-18-21-10-5-2-6-11-21/h1-6,8-11,13-14,16,24H,15,17-18H2. The molecule has 0 aliphatic carbocycles. The highest BCUT2D eigenvalue weighted by atomic mass is 16.5. The number of hydrogen-bond acceptors (Lipinski definition) is 3. The highest BCUT2D eigenvalue weighted by Gasteiger charge is 2.07. The lowest BCUT2D eigenvalue weighted by atomic mass is 10.2. The molecule has 0 amide bonds. The molecule has 130 valence electrons. The summed E-state index contributed by atoms with van der Waals surface area (Å²) in [5, 5.41) is 8.88. The molecule has 3 aromatic carbocycles. The molecule has 0 aliphatic rings. The monoisotopic (exact) mass is 344 g/mol. The Kier molecular flexibility index (Phi) is 6.30. The second-order valence-electron chi connectivity index (χ2n) is 5.67. The van der Waals surface area contributed by atoms with Crippen LogP contribution in [0.25, 0.3) is 0 Å². The van der Waals surface area contributed by atoms with Gasteiger partial charge in [0.2, 0.25) is 0 Å². The van der Waals surface area contributed by atoms with Crippen molar-refractivity contribution < 1.29 is 14.6 Å². The minimum Gasteiger partial charge on any atom is -0.485 e. The Bertz CT molecular complexity index is 878. The summed E-state index contributed by atoms with van der Waals surface area (Å²) in [6, 6.07) is 25.5. The van der Waals surface area contributed by atoms with Gasteiger partial charge in [-0.15, -0.1) is 0 Å². The molecule has 3 heteroatoms. The van der Waals surface area contributed by atoms with Crippen molar-refractivity contribution in [1.29, 1.82) is 0 Å². The maximum atomic E-state index is 8.88. The summed E-state index contributed by atoms with van der Waals surface area (Å²) in [7, 11) is 0. The smallest absolute Gasteiger partial charge is 0.162 e. The molecule has 1 N–H and O–H groups in total. The first-order valence-corrected chi connectivity index (χ1v) is 8.42. The average molecular weight is 344 g/mol. The van der Waals surface area contributed by atoms with E-state index in [-0.39, 0.29) is 6.61 Å². The Hall–Kier alpha value is -3.22. The van der Waals surface area contributed by atoms with Gasteiger partial charge in [0, 0.05) is 5.56 Å². The van der Waals surface area contributed by atoms with E-state index in [9.17, 15) is 0 Å². The molecule has 0 radical (unpaired) electrons. The molecule has 0 spiro atoms. The first-order chi connectivity index (χ1) is 12.8. The summed E-state index contributed by atoms with van der Waals surface area (Å²) in [5.74, 6) is 6.85. The Balaban J connectivity index is 1.77. The molecule has 3 rings (SSSR count). The molecule has 3 nitrogen and oxygen atoms in total. The summed E-state index contributed by atoms with van der Waals surface area (Å²) in [6.07, 6.45) is 0. The zero-order chi connectivity index (χ0) is 18.0. The first kappa shape index (κ1) is 17.6. The van der Waals surface area contributed by atoms with Crippen LogP contribution >= 0.6 is 0 Å². The highest BCUT2D eigenvalue weighted by molar-refractivity contribution is 5.48. The largest absolute Gasteiger partial charge is 0.485 e. The van der Waals surface area contributed by atoms with Crippen LogP contribution in [0.1, 0.15) is 16.7 Å². The fraction of sp³-hybridized carbons (Fsp3) is 0.130. The van der Waals surface area contributed by atoms with E-state index >= 15 is 0 Å². The van der Waals surface area contributed by atoms with Crippen molar-refractivity contribution in [3.63, 3.8) is 0 Å². The molecule has 0 aromatic heterocycles. The van der Waals surface area contributed by atoms with Crippen molar-refractivity contribution in [3.8, 4) is 23.3 Å². The zero-order valence-corrected chi connectivity index (χ0v) is 14.4. The van der Waals surface area contributed by atoms with E-state index in [0.29, 0.717) is 24.7 Å². The van der Waals surface area contributed by atoms with Crippen LogP contribution in [-0.4, -0.2) is 11.7 Å². The Morgan fingerprint density at radius 1 is 0.692 bits per heavy atom. The fourth-order valence-corrected chi connectivity index (χ4v) is 2.43. The van der Waals surface area contributed by atoms with Crippen LogP contribution in [0.5, 0.6) is 11.5 Å². The van der Waals surface area contributed by atoms with Crippen LogP contribution in [0.4, 0.5) is 0 Å². The zero-order valence-electron chi connectivity index (χ0n) is 14.4. The van der Waals surface area contributed by atoms with Crippen LogP contribution in [0.15, 0.2) is 78.9 Å². The predicted octanol–water partition coefficient (Wildman–Crippen LogP) is 4.19. The van der Waals surface area contributed by atoms with E-state index in [1.807, 2.05) is 78.9 Å². The van der Waals surface area contributed by atoms with Gasteiger partial charge in [-0.3, -0.25) is 0 Å². The highest BCUT2D eigenvalue weighted by Crippen LogP contribution is 2.30. The van der Waals surface area contributed by atoms with Crippen molar-refractivity contribution >= 4 is 0 Å². The number of ether oxygens (including phenoxy) is 2. The lowest BCUT2D eigenvalue weighted by Crippen LogP contribution is -2.01. The van der Waals surface area contributed by atoms with Gasteiger partial charge in [-0.05, 0) is 29.3 Å². The molecule has 0 fully saturated rings. The lowest BCUT2D eigenvalue weighted by molar-refractivity contribution is 0.256. The number of rotatable bonds is 6. The maximum Gasteiger partial charge on any atom is 0.162 e. The fourth-order valence-electron chi connectivity index (χ4n) is 2.43. The number of aliphatic hydroxyl groups is 1. The van der Waals surface area contributed by atoms with Gasteiger partial charge in [-0.25, -0.2) is 0 Å². The molecule has 26 heavy (non-hydrogen) atoms. The van der Waals surface area contributed by atoms with Crippen molar-refractivity contribution in [2.24, 2.45) is 0 Å². The molecule has 0 unspecified atom stereocenters. The average Bonchev–Trinajstić information content (AvgIpc) is 2.71. The minimum absolute atomic E-state index is 0.174. The lowest BCUT2D eigenvalue weighted by Gasteiger charge is -2.13. The molecule has 0 atom stereocenters. The van der Waals surface area contributed by atoms with Gasteiger partial charge >= 0.3 is 0 Å². The molecule has 3 aromatic rings. The normalized spacial score (nSPS) is 9.88. The van der Waals surface area contributed by atoms with Gasteiger partial charge in [0.25, 0.3) is 0 Å². The van der Waals surface area contributed by atoms with Gasteiger partial charge in [0.1, 0.15) is 19.8 Å². The molecular weight excluding hydrogens is 324 g/mol. The molecule has 0 aliphatic heterocycles. The third-order valence-corrected chi connectivity index (χ3v) is 3.73. The van der Waals surface area contributed by atoms with Gasteiger partial charge in [-0.2, -0.15) is 0 Å². The van der Waals surface area contributed by atoms with E-state index in [1.54, 1.807) is 0 Å². The van der Waals surface area contributed by atoms with Gasteiger partial charge in [0.15, 0.2) is 11.5 Å². The molecule has 0 heterocycles. The third-order valence-electron chi connectivity index (χ3n) is 3.73. The van der Waals surface area contributed by atoms with Crippen LogP contribution in [0.3, 0.4) is 0 Å². The third kappa shape index (κ3) is 5.14. The van der Waals surface area contributed by atoms with Crippen LogP contribution in [0.2, 0.25) is 0 Å².